The first-order valence-corrected chi connectivity index (χ1v) is 6.88. The number of halogens is 3. The van der Waals surface area contributed by atoms with Gasteiger partial charge in [-0.25, -0.2) is 8.78 Å². The average molecular weight is 336 g/mol. The van der Waals surface area contributed by atoms with Crippen molar-refractivity contribution in [2.24, 2.45) is 0 Å². The summed E-state index contributed by atoms with van der Waals surface area (Å²) in [7, 11) is 0. The quantitative estimate of drug-likeness (QED) is 0.915. The number of hydrogen-bond acceptors (Lipinski definition) is 3. The number of alkyl halides is 2. The van der Waals surface area contributed by atoms with Gasteiger partial charge in [0.2, 0.25) is 0 Å². The summed E-state index contributed by atoms with van der Waals surface area (Å²) >= 11 is 3.25. The van der Waals surface area contributed by atoms with Crippen molar-refractivity contribution in [2.75, 3.05) is 32.8 Å². The fourth-order valence-electron chi connectivity index (χ4n) is 2.12. The monoisotopic (exact) mass is 335 g/mol. The molecule has 0 aliphatic carbocycles. The molecule has 0 radical (unpaired) electrons. The number of morpholine rings is 1. The van der Waals surface area contributed by atoms with E-state index in [0.29, 0.717) is 26.3 Å². The van der Waals surface area contributed by atoms with Crippen LogP contribution in [0.4, 0.5) is 8.78 Å². The third-order valence-electron chi connectivity index (χ3n) is 3.27. The maximum atomic E-state index is 13.3. The number of β-amino-alcohol motifs (C(OH)–C–C–N with tert-alkyl or cyclic N) is 1. The van der Waals surface area contributed by atoms with Gasteiger partial charge in [-0.2, -0.15) is 0 Å². The Morgan fingerprint density at radius 1 is 1.26 bits per heavy atom. The van der Waals surface area contributed by atoms with Crippen LogP contribution in [0.25, 0.3) is 0 Å². The van der Waals surface area contributed by atoms with Crippen LogP contribution in [0.15, 0.2) is 28.7 Å². The van der Waals surface area contributed by atoms with Crippen molar-refractivity contribution in [1.29, 1.82) is 0 Å². The van der Waals surface area contributed by atoms with E-state index >= 15 is 0 Å². The topological polar surface area (TPSA) is 32.7 Å². The van der Waals surface area contributed by atoms with Crippen LogP contribution in [0.3, 0.4) is 0 Å². The molecule has 1 aromatic rings. The minimum absolute atomic E-state index is 0.0876. The SMILES string of the molecule is OC(CN1CCOCC1)(c1ccc(Br)cc1)C(F)F. The van der Waals surface area contributed by atoms with Gasteiger partial charge >= 0.3 is 0 Å². The molecular weight excluding hydrogens is 320 g/mol. The highest BCUT2D eigenvalue weighted by Crippen LogP contribution is 2.30. The summed E-state index contributed by atoms with van der Waals surface area (Å²) in [6.07, 6.45) is -2.84. The van der Waals surface area contributed by atoms with E-state index in [1.54, 1.807) is 17.0 Å². The van der Waals surface area contributed by atoms with E-state index in [9.17, 15) is 13.9 Å². The molecule has 1 aliphatic rings. The first-order chi connectivity index (χ1) is 9.02. The smallest absolute Gasteiger partial charge is 0.272 e. The van der Waals surface area contributed by atoms with Crippen molar-refractivity contribution in [3.05, 3.63) is 34.3 Å². The largest absolute Gasteiger partial charge is 0.379 e. The van der Waals surface area contributed by atoms with Gasteiger partial charge in [0.25, 0.3) is 6.43 Å². The zero-order chi connectivity index (χ0) is 13.9. The van der Waals surface area contributed by atoms with Crippen molar-refractivity contribution >= 4 is 15.9 Å². The summed E-state index contributed by atoms with van der Waals surface area (Å²) < 4.78 is 32.6. The molecule has 2 rings (SSSR count). The second-order valence-corrected chi connectivity index (χ2v) is 5.54. The van der Waals surface area contributed by atoms with Crippen molar-refractivity contribution < 1.29 is 18.6 Å². The summed E-state index contributed by atoms with van der Waals surface area (Å²) in [5, 5.41) is 10.4. The standard InChI is InChI=1S/C13H16BrF2NO2/c14-11-3-1-10(2-4-11)13(18,12(15)16)9-17-5-7-19-8-6-17/h1-4,12,18H,5-9H2. The lowest BCUT2D eigenvalue weighted by Crippen LogP contribution is -2.49. The third kappa shape index (κ3) is 3.51. The number of rotatable bonds is 4. The summed E-state index contributed by atoms with van der Waals surface area (Å²) in [6.45, 7) is 2.06. The van der Waals surface area contributed by atoms with Gasteiger partial charge in [0.05, 0.1) is 13.2 Å². The minimum atomic E-state index is -2.84. The number of ether oxygens (including phenoxy) is 1. The van der Waals surface area contributed by atoms with Gasteiger partial charge in [0.1, 0.15) is 0 Å². The first kappa shape index (κ1) is 14.8. The predicted molar refractivity (Wildman–Crippen MR) is 71.3 cm³/mol. The van der Waals surface area contributed by atoms with Gasteiger partial charge in [0.15, 0.2) is 5.60 Å². The highest BCUT2D eigenvalue weighted by molar-refractivity contribution is 9.10. The van der Waals surface area contributed by atoms with Crippen molar-refractivity contribution in [1.82, 2.24) is 4.90 Å². The van der Waals surface area contributed by atoms with Gasteiger partial charge in [-0.1, -0.05) is 28.1 Å². The molecule has 3 nitrogen and oxygen atoms in total. The average Bonchev–Trinajstić information content (AvgIpc) is 2.40. The molecule has 106 valence electrons. The highest BCUT2D eigenvalue weighted by Gasteiger charge is 2.41. The number of benzene rings is 1. The fourth-order valence-corrected chi connectivity index (χ4v) is 2.39. The normalized spacial score (nSPS) is 20.5. The van der Waals surface area contributed by atoms with E-state index in [-0.39, 0.29) is 12.1 Å². The molecule has 1 heterocycles. The van der Waals surface area contributed by atoms with E-state index in [1.807, 2.05) is 0 Å². The highest BCUT2D eigenvalue weighted by atomic mass is 79.9. The second-order valence-electron chi connectivity index (χ2n) is 4.62. The summed E-state index contributed by atoms with van der Waals surface area (Å²) in [6, 6.07) is 6.36. The summed E-state index contributed by atoms with van der Waals surface area (Å²) in [5.74, 6) is 0. The molecule has 1 aliphatic heterocycles. The molecule has 1 unspecified atom stereocenters. The van der Waals surface area contributed by atoms with Gasteiger partial charge in [-0.05, 0) is 17.7 Å². The lowest BCUT2D eigenvalue weighted by Gasteiger charge is -2.35. The number of aliphatic hydroxyl groups is 1. The van der Waals surface area contributed by atoms with Gasteiger partial charge in [0, 0.05) is 24.1 Å². The van der Waals surface area contributed by atoms with Crippen LogP contribution in [-0.2, 0) is 10.3 Å². The Morgan fingerprint density at radius 2 is 1.84 bits per heavy atom. The molecule has 0 amide bonds. The zero-order valence-electron chi connectivity index (χ0n) is 10.4. The molecule has 0 saturated carbocycles. The number of hydrogen-bond donors (Lipinski definition) is 1. The van der Waals surface area contributed by atoms with Gasteiger partial charge < -0.3 is 9.84 Å². The molecule has 1 fully saturated rings. The van der Waals surface area contributed by atoms with E-state index < -0.39 is 12.0 Å². The van der Waals surface area contributed by atoms with Crippen molar-refractivity contribution in [3.63, 3.8) is 0 Å². The molecule has 0 spiro atoms. The first-order valence-electron chi connectivity index (χ1n) is 6.09. The van der Waals surface area contributed by atoms with Crippen LogP contribution in [0.1, 0.15) is 5.56 Å². The molecule has 1 atom stereocenters. The molecule has 6 heteroatoms. The van der Waals surface area contributed by atoms with E-state index in [2.05, 4.69) is 15.9 Å². The Morgan fingerprint density at radius 3 is 2.37 bits per heavy atom. The van der Waals surface area contributed by atoms with Crippen LogP contribution in [-0.4, -0.2) is 49.3 Å². The minimum Gasteiger partial charge on any atom is -0.379 e. The molecule has 19 heavy (non-hydrogen) atoms. The Labute approximate surface area is 119 Å². The predicted octanol–water partition coefficient (Wildman–Crippen LogP) is 2.23. The third-order valence-corrected chi connectivity index (χ3v) is 3.80. The van der Waals surface area contributed by atoms with Crippen LogP contribution in [0.5, 0.6) is 0 Å². The Hall–Kier alpha value is -0.560. The van der Waals surface area contributed by atoms with Crippen LogP contribution < -0.4 is 0 Å². The molecular formula is C13H16BrF2NO2. The molecule has 1 N–H and O–H groups in total. The fraction of sp³-hybridized carbons (Fsp3) is 0.538. The zero-order valence-corrected chi connectivity index (χ0v) is 11.9. The number of nitrogens with zero attached hydrogens (tertiary/aromatic N) is 1. The lowest BCUT2D eigenvalue weighted by atomic mass is 9.93. The lowest BCUT2D eigenvalue weighted by molar-refractivity contribution is -0.126. The molecule has 0 aromatic heterocycles. The van der Waals surface area contributed by atoms with Crippen LogP contribution >= 0.6 is 15.9 Å². The van der Waals surface area contributed by atoms with E-state index in [4.69, 9.17) is 4.74 Å². The molecule has 1 aromatic carbocycles. The van der Waals surface area contributed by atoms with Crippen LogP contribution in [0.2, 0.25) is 0 Å². The maximum absolute atomic E-state index is 13.3. The summed E-state index contributed by atoms with van der Waals surface area (Å²) in [4.78, 5) is 1.80. The van der Waals surface area contributed by atoms with Crippen LogP contribution in [0, 0.1) is 0 Å². The van der Waals surface area contributed by atoms with E-state index in [1.165, 1.54) is 12.1 Å². The van der Waals surface area contributed by atoms with Crippen molar-refractivity contribution in [3.8, 4) is 0 Å². The molecule has 1 saturated heterocycles. The van der Waals surface area contributed by atoms with Gasteiger partial charge in [-0.15, -0.1) is 0 Å². The Kier molecular flexibility index (Phi) is 4.89. The van der Waals surface area contributed by atoms with Crippen molar-refractivity contribution in [2.45, 2.75) is 12.0 Å². The summed E-state index contributed by atoms with van der Waals surface area (Å²) in [5.41, 5.74) is -1.91. The maximum Gasteiger partial charge on any atom is 0.272 e. The van der Waals surface area contributed by atoms with E-state index in [0.717, 1.165) is 4.47 Å². The Bertz CT molecular complexity index is 410. The molecule has 0 bridgehead atoms. The second kappa shape index (κ2) is 6.26. The van der Waals surface area contributed by atoms with Gasteiger partial charge in [-0.3, -0.25) is 4.90 Å². The Balaban J connectivity index is 2.18.